The molecule has 5 nitrogen and oxygen atoms in total. The fraction of sp³-hybridized carbons (Fsp3) is 0.647. The summed E-state index contributed by atoms with van der Waals surface area (Å²) in [6.45, 7) is 3.27. The Kier molecular flexibility index (Phi) is 6.57. The molecule has 3 heterocycles. The molecule has 2 fully saturated rings. The lowest BCUT2D eigenvalue weighted by atomic mass is 9.95. The van der Waals surface area contributed by atoms with E-state index in [9.17, 15) is 9.59 Å². The number of nitrogens with zero attached hydrogens (tertiary/aromatic N) is 1. The first-order chi connectivity index (χ1) is 11.7. The Balaban J connectivity index is 1.32. The maximum Gasteiger partial charge on any atom is 0.309 e. The van der Waals surface area contributed by atoms with E-state index in [0.29, 0.717) is 19.0 Å². The highest BCUT2D eigenvalue weighted by Crippen LogP contribution is 2.26. The summed E-state index contributed by atoms with van der Waals surface area (Å²) < 4.78 is 0. The van der Waals surface area contributed by atoms with E-state index in [0.717, 1.165) is 36.9 Å². The van der Waals surface area contributed by atoms with Crippen molar-refractivity contribution in [2.75, 3.05) is 31.1 Å². The normalized spacial score (nSPS) is 22.4. The molecule has 1 atom stereocenters. The van der Waals surface area contributed by atoms with Crippen LogP contribution in [-0.4, -0.2) is 53.9 Å². The predicted octanol–water partition coefficient (Wildman–Crippen LogP) is 1.70. The molecule has 132 valence electrons. The van der Waals surface area contributed by atoms with Gasteiger partial charge in [-0.2, -0.15) is 11.8 Å². The molecule has 2 N–H and O–H groups in total. The van der Waals surface area contributed by atoms with Crippen LogP contribution >= 0.6 is 23.1 Å². The van der Waals surface area contributed by atoms with Crippen LogP contribution in [0.3, 0.4) is 0 Å². The summed E-state index contributed by atoms with van der Waals surface area (Å²) in [7, 11) is 0. The van der Waals surface area contributed by atoms with Crippen molar-refractivity contribution < 1.29 is 9.59 Å². The van der Waals surface area contributed by atoms with Gasteiger partial charge in [0.2, 0.25) is 0 Å². The molecule has 2 saturated heterocycles. The number of amides is 2. The molecule has 0 radical (unpaired) electrons. The SMILES string of the molecule is O=C(NCc1cccs1)C(=O)NCC1CCN([C@@H]2CCSC2)CC1. The lowest BCUT2D eigenvalue weighted by molar-refractivity contribution is -0.139. The van der Waals surface area contributed by atoms with Gasteiger partial charge in [0, 0.05) is 23.2 Å². The largest absolute Gasteiger partial charge is 0.348 e. The summed E-state index contributed by atoms with van der Waals surface area (Å²) in [5.41, 5.74) is 0. The van der Waals surface area contributed by atoms with Crippen LogP contribution in [0.5, 0.6) is 0 Å². The summed E-state index contributed by atoms with van der Waals surface area (Å²) in [4.78, 5) is 27.3. The molecule has 0 spiro atoms. The minimum absolute atomic E-state index is 0.418. The Bertz CT molecular complexity index is 536. The Morgan fingerprint density at radius 1 is 1.17 bits per heavy atom. The number of rotatable bonds is 5. The number of likely N-dealkylation sites (tertiary alicyclic amines) is 1. The van der Waals surface area contributed by atoms with E-state index in [1.807, 2.05) is 17.5 Å². The van der Waals surface area contributed by atoms with Crippen LogP contribution in [-0.2, 0) is 16.1 Å². The number of hydrogen-bond acceptors (Lipinski definition) is 5. The molecule has 0 aliphatic carbocycles. The smallest absolute Gasteiger partial charge is 0.309 e. The van der Waals surface area contributed by atoms with Crippen LogP contribution in [0.25, 0.3) is 0 Å². The number of carbonyl (C=O) groups excluding carboxylic acids is 2. The molecule has 2 aliphatic heterocycles. The van der Waals surface area contributed by atoms with Crippen molar-refractivity contribution in [1.82, 2.24) is 15.5 Å². The third kappa shape index (κ3) is 4.97. The lowest BCUT2D eigenvalue weighted by Gasteiger charge is -2.35. The first-order valence-corrected chi connectivity index (χ1v) is 10.7. The standard InChI is InChI=1S/C17H25N3O2S2/c21-16(17(22)19-11-15-2-1-8-24-15)18-10-13-3-6-20(7-4-13)14-5-9-23-12-14/h1-2,8,13-14H,3-7,9-12H2,(H,18,21)(H,19,22)/t14-/m1/s1. The van der Waals surface area contributed by atoms with Gasteiger partial charge < -0.3 is 10.6 Å². The molecule has 0 aromatic carbocycles. The fourth-order valence-electron chi connectivity index (χ4n) is 3.31. The minimum atomic E-state index is -0.538. The highest BCUT2D eigenvalue weighted by Gasteiger charge is 2.27. The monoisotopic (exact) mass is 367 g/mol. The molecule has 2 amide bonds. The van der Waals surface area contributed by atoms with Gasteiger partial charge in [-0.05, 0) is 55.5 Å². The summed E-state index contributed by atoms with van der Waals surface area (Å²) in [5, 5.41) is 7.42. The van der Waals surface area contributed by atoms with Gasteiger partial charge in [-0.15, -0.1) is 11.3 Å². The van der Waals surface area contributed by atoms with Crippen LogP contribution in [0.4, 0.5) is 0 Å². The van der Waals surface area contributed by atoms with Gasteiger partial charge in [-0.3, -0.25) is 14.5 Å². The quantitative estimate of drug-likeness (QED) is 0.778. The number of hydrogen-bond donors (Lipinski definition) is 2. The first kappa shape index (κ1) is 17.8. The second kappa shape index (κ2) is 8.87. The number of thioether (sulfide) groups is 1. The van der Waals surface area contributed by atoms with Crippen LogP contribution in [0.2, 0.25) is 0 Å². The van der Waals surface area contributed by atoms with Crippen LogP contribution < -0.4 is 10.6 Å². The molecule has 1 aromatic rings. The Morgan fingerprint density at radius 2 is 1.96 bits per heavy atom. The maximum atomic E-state index is 11.9. The van der Waals surface area contributed by atoms with E-state index >= 15 is 0 Å². The summed E-state index contributed by atoms with van der Waals surface area (Å²) in [6, 6.07) is 4.64. The minimum Gasteiger partial charge on any atom is -0.348 e. The van der Waals surface area contributed by atoms with Crippen LogP contribution in [0.1, 0.15) is 24.1 Å². The van der Waals surface area contributed by atoms with E-state index < -0.39 is 11.8 Å². The van der Waals surface area contributed by atoms with Crippen LogP contribution in [0.15, 0.2) is 17.5 Å². The Morgan fingerprint density at radius 3 is 2.62 bits per heavy atom. The van der Waals surface area contributed by atoms with Crippen molar-refractivity contribution >= 4 is 34.9 Å². The third-order valence-corrected chi connectivity index (χ3v) is 6.85. The lowest BCUT2D eigenvalue weighted by Crippen LogP contribution is -2.45. The van der Waals surface area contributed by atoms with Gasteiger partial charge in [0.05, 0.1) is 6.54 Å². The number of nitrogens with one attached hydrogen (secondary N) is 2. The molecule has 0 saturated carbocycles. The van der Waals surface area contributed by atoms with Crippen molar-refractivity contribution in [3.05, 3.63) is 22.4 Å². The van der Waals surface area contributed by atoms with Crippen molar-refractivity contribution in [1.29, 1.82) is 0 Å². The van der Waals surface area contributed by atoms with E-state index in [4.69, 9.17) is 0 Å². The average Bonchev–Trinajstić information content (AvgIpc) is 3.31. The molecule has 0 unspecified atom stereocenters. The number of piperidine rings is 1. The van der Waals surface area contributed by atoms with Gasteiger partial charge in [-0.25, -0.2) is 0 Å². The van der Waals surface area contributed by atoms with E-state index in [1.165, 1.54) is 17.9 Å². The Hall–Kier alpha value is -1.05. The highest BCUT2D eigenvalue weighted by molar-refractivity contribution is 7.99. The second-order valence-electron chi connectivity index (χ2n) is 6.47. The van der Waals surface area contributed by atoms with E-state index in [-0.39, 0.29) is 0 Å². The van der Waals surface area contributed by atoms with Gasteiger partial charge in [-0.1, -0.05) is 6.07 Å². The Labute approximate surface area is 151 Å². The summed E-state index contributed by atoms with van der Waals surface area (Å²) in [5.74, 6) is 2.00. The third-order valence-electron chi connectivity index (χ3n) is 4.83. The summed E-state index contributed by atoms with van der Waals surface area (Å²) >= 11 is 3.63. The molecule has 7 heteroatoms. The molecule has 1 aromatic heterocycles. The number of carbonyl (C=O) groups is 2. The molecule has 0 bridgehead atoms. The van der Waals surface area contributed by atoms with Crippen LogP contribution in [0, 0.1) is 5.92 Å². The fourth-order valence-corrected chi connectivity index (χ4v) is 5.21. The van der Waals surface area contributed by atoms with Gasteiger partial charge in [0.25, 0.3) is 0 Å². The van der Waals surface area contributed by atoms with Crippen molar-refractivity contribution in [3.8, 4) is 0 Å². The molecule has 24 heavy (non-hydrogen) atoms. The molecule has 3 rings (SSSR count). The van der Waals surface area contributed by atoms with E-state index in [2.05, 4.69) is 27.3 Å². The number of thiophene rings is 1. The maximum absolute atomic E-state index is 11.9. The predicted molar refractivity (Wildman–Crippen MR) is 99.2 cm³/mol. The topological polar surface area (TPSA) is 61.4 Å². The second-order valence-corrected chi connectivity index (χ2v) is 8.65. The molecule has 2 aliphatic rings. The van der Waals surface area contributed by atoms with Crippen molar-refractivity contribution in [3.63, 3.8) is 0 Å². The van der Waals surface area contributed by atoms with Gasteiger partial charge in [0.1, 0.15) is 0 Å². The van der Waals surface area contributed by atoms with Gasteiger partial charge >= 0.3 is 11.8 Å². The zero-order valence-electron chi connectivity index (χ0n) is 13.8. The zero-order valence-corrected chi connectivity index (χ0v) is 15.5. The highest BCUT2D eigenvalue weighted by atomic mass is 32.2. The van der Waals surface area contributed by atoms with E-state index in [1.54, 1.807) is 11.3 Å². The average molecular weight is 368 g/mol. The van der Waals surface area contributed by atoms with Gasteiger partial charge in [0.15, 0.2) is 0 Å². The van der Waals surface area contributed by atoms with Crippen molar-refractivity contribution in [2.24, 2.45) is 5.92 Å². The van der Waals surface area contributed by atoms with Crippen molar-refractivity contribution in [2.45, 2.75) is 31.8 Å². The summed E-state index contributed by atoms with van der Waals surface area (Å²) in [6.07, 6.45) is 3.53. The first-order valence-electron chi connectivity index (χ1n) is 8.62. The molecular formula is C17H25N3O2S2. The molecular weight excluding hydrogens is 342 g/mol. The zero-order chi connectivity index (χ0) is 16.8.